The predicted octanol–water partition coefficient (Wildman–Crippen LogP) is 2.40. The lowest BCUT2D eigenvalue weighted by molar-refractivity contribution is -0.131. The molecule has 30 heavy (non-hydrogen) atoms. The first-order valence-corrected chi connectivity index (χ1v) is 10.9. The minimum absolute atomic E-state index is 0.0982. The largest absolute Gasteiger partial charge is 0.381 e. The first kappa shape index (κ1) is 20.9. The monoisotopic (exact) mass is 414 g/mol. The minimum atomic E-state index is 0.0982. The van der Waals surface area contributed by atoms with Crippen LogP contribution >= 0.6 is 0 Å². The summed E-state index contributed by atoms with van der Waals surface area (Å²) < 4.78 is 16.7. The van der Waals surface area contributed by atoms with Gasteiger partial charge in [0.2, 0.25) is 11.8 Å². The number of rotatable bonds is 8. The van der Waals surface area contributed by atoms with Gasteiger partial charge in [-0.1, -0.05) is 11.2 Å². The first-order chi connectivity index (χ1) is 14.8. The van der Waals surface area contributed by atoms with E-state index in [0.29, 0.717) is 43.6 Å². The van der Waals surface area contributed by atoms with E-state index in [4.69, 9.17) is 14.0 Å². The molecule has 162 valence electrons. The van der Waals surface area contributed by atoms with Crippen molar-refractivity contribution < 1.29 is 18.8 Å². The molecule has 0 aromatic carbocycles. The van der Waals surface area contributed by atoms with Gasteiger partial charge in [-0.3, -0.25) is 9.78 Å². The number of pyridine rings is 1. The second-order valence-electron chi connectivity index (χ2n) is 8.15. The fourth-order valence-corrected chi connectivity index (χ4v) is 4.06. The highest BCUT2D eigenvalue weighted by atomic mass is 16.5. The zero-order valence-corrected chi connectivity index (χ0v) is 17.4. The Morgan fingerprint density at radius 1 is 1.27 bits per heavy atom. The summed E-state index contributed by atoms with van der Waals surface area (Å²) in [6.07, 6.45) is 8.52. The maximum absolute atomic E-state index is 12.7. The van der Waals surface area contributed by atoms with Gasteiger partial charge in [-0.05, 0) is 43.2 Å². The van der Waals surface area contributed by atoms with Crippen molar-refractivity contribution in [1.29, 1.82) is 0 Å². The third-order valence-electron chi connectivity index (χ3n) is 5.85. The molecule has 8 nitrogen and oxygen atoms in total. The van der Waals surface area contributed by atoms with Crippen LogP contribution in [0.1, 0.15) is 48.9 Å². The standard InChI is InChI=1S/C22H30N4O4/c27-21(13-18-3-1-8-23-14-18)26-9-2-4-19(15-26)22-24-20(25-30-22)7-12-29-16-17-5-10-28-11-6-17/h1,3,8,14,17,19H,2,4-7,9-13,15-16H2. The zero-order valence-electron chi connectivity index (χ0n) is 17.4. The van der Waals surface area contributed by atoms with Gasteiger partial charge in [-0.2, -0.15) is 4.98 Å². The number of aromatic nitrogens is 3. The number of hydrogen-bond donors (Lipinski definition) is 0. The van der Waals surface area contributed by atoms with Gasteiger partial charge in [0.05, 0.1) is 18.9 Å². The van der Waals surface area contributed by atoms with Crippen molar-refractivity contribution in [3.05, 3.63) is 41.8 Å². The highest BCUT2D eigenvalue weighted by Crippen LogP contribution is 2.26. The molecule has 2 aliphatic heterocycles. The molecule has 0 bridgehead atoms. The summed E-state index contributed by atoms with van der Waals surface area (Å²) in [6, 6.07) is 3.79. The van der Waals surface area contributed by atoms with E-state index in [1.165, 1.54) is 0 Å². The van der Waals surface area contributed by atoms with Crippen LogP contribution in [-0.2, 0) is 27.1 Å². The average Bonchev–Trinajstić information content (AvgIpc) is 3.27. The van der Waals surface area contributed by atoms with Crippen LogP contribution in [0, 0.1) is 5.92 Å². The second kappa shape index (κ2) is 10.6. The van der Waals surface area contributed by atoms with Crippen LogP contribution < -0.4 is 0 Å². The molecule has 0 radical (unpaired) electrons. The lowest BCUT2D eigenvalue weighted by Crippen LogP contribution is -2.40. The van der Waals surface area contributed by atoms with Gasteiger partial charge in [0.15, 0.2) is 5.82 Å². The zero-order chi connectivity index (χ0) is 20.6. The molecule has 2 aromatic heterocycles. The van der Waals surface area contributed by atoms with Crippen LogP contribution in [0.25, 0.3) is 0 Å². The Balaban J connectivity index is 1.23. The molecule has 2 aromatic rings. The van der Waals surface area contributed by atoms with Gasteiger partial charge in [0, 0.05) is 51.7 Å². The first-order valence-electron chi connectivity index (χ1n) is 10.9. The summed E-state index contributed by atoms with van der Waals surface area (Å²) in [5.41, 5.74) is 0.936. The van der Waals surface area contributed by atoms with Crippen molar-refractivity contribution in [2.24, 2.45) is 5.92 Å². The molecule has 1 atom stereocenters. The molecule has 0 N–H and O–H groups in total. The smallest absolute Gasteiger partial charge is 0.231 e. The molecule has 0 saturated carbocycles. The number of hydrogen-bond acceptors (Lipinski definition) is 7. The van der Waals surface area contributed by atoms with Gasteiger partial charge in [0.1, 0.15) is 0 Å². The van der Waals surface area contributed by atoms with Crippen molar-refractivity contribution in [3.63, 3.8) is 0 Å². The van der Waals surface area contributed by atoms with Gasteiger partial charge < -0.3 is 18.9 Å². The van der Waals surface area contributed by atoms with E-state index >= 15 is 0 Å². The maximum atomic E-state index is 12.7. The summed E-state index contributed by atoms with van der Waals surface area (Å²) in [5, 5.41) is 4.12. The van der Waals surface area contributed by atoms with Gasteiger partial charge in [-0.15, -0.1) is 0 Å². The van der Waals surface area contributed by atoms with Crippen molar-refractivity contribution in [2.75, 3.05) is 39.5 Å². The maximum Gasteiger partial charge on any atom is 0.231 e. The van der Waals surface area contributed by atoms with Crippen molar-refractivity contribution >= 4 is 5.91 Å². The van der Waals surface area contributed by atoms with Crippen LogP contribution in [0.2, 0.25) is 0 Å². The van der Waals surface area contributed by atoms with E-state index < -0.39 is 0 Å². The highest BCUT2D eigenvalue weighted by Gasteiger charge is 2.28. The van der Waals surface area contributed by atoms with Crippen LogP contribution in [0.15, 0.2) is 29.0 Å². The molecule has 4 rings (SSSR count). The normalized spacial score (nSPS) is 20.4. The van der Waals surface area contributed by atoms with E-state index in [-0.39, 0.29) is 11.8 Å². The fraction of sp³-hybridized carbons (Fsp3) is 0.636. The lowest BCUT2D eigenvalue weighted by atomic mass is 9.97. The molecule has 1 amide bonds. The van der Waals surface area contributed by atoms with Crippen LogP contribution in [0.3, 0.4) is 0 Å². The Hall–Kier alpha value is -2.32. The third kappa shape index (κ3) is 5.86. The highest BCUT2D eigenvalue weighted by molar-refractivity contribution is 5.78. The minimum Gasteiger partial charge on any atom is -0.381 e. The van der Waals surface area contributed by atoms with E-state index in [1.54, 1.807) is 12.4 Å². The second-order valence-corrected chi connectivity index (χ2v) is 8.15. The van der Waals surface area contributed by atoms with Gasteiger partial charge in [0.25, 0.3) is 0 Å². The number of piperidine rings is 1. The molecule has 2 saturated heterocycles. The molecule has 2 aliphatic rings. The van der Waals surface area contributed by atoms with Crippen molar-refractivity contribution in [1.82, 2.24) is 20.0 Å². The van der Waals surface area contributed by atoms with E-state index in [1.807, 2.05) is 17.0 Å². The number of carbonyl (C=O) groups is 1. The molecule has 1 unspecified atom stereocenters. The summed E-state index contributed by atoms with van der Waals surface area (Å²) in [7, 11) is 0. The van der Waals surface area contributed by atoms with Gasteiger partial charge in [-0.25, -0.2) is 0 Å². The summed E-state index contributed by atoms with van der Waals surface area (Å²) in [6.45, 7) is 4.44. The van der Waals surface area contributed by atoms with E-state index in [9.17, 15) is 4.79 Å². The van der Waals surface area contributed by atoms with Crippen molar-refractivity contribution in [2.45, 2.75) is 44.4 Å². The topological polar surface area (TPSA) is 90.6 Å². The molecule has 2 fully saturated rings. The fourth-order valence-electron chi connectivity index (χ4n) is 4.06. The molecular weight excluding hydrogens is 384 g/mol. The van der Waals surface area contributed by atoms with E-state index in [2.05, 4.69) is 15.1 Å². The molecular formula is C22H30N4O4. The van der Waals surface area contributed by atoms with Crippen LogP contribution in [0.4, 0.5) is 0 Å². The number of likely N-dealkylation sites (tertiary alicyclic amines) is 1. The third-order valence-corrected chi connectivity index (χ3v) is 5.85. The Morgan fingerprint density at radius 3 is 3.00 bits per heavy atom. The number of amides is 1. The quantitative estimate of drug-likeness (QED) is 0.613. The molecule has 8 heteroatoms. The lowest BCUT2D eigenvalue weighted by Gasteiger charge is -2.31. The summed E-state index contributed by atoms with van der Waals surface area (Å²) >= 11 is 0. The summed E-state index contributed by atoms with van der Waals surface area (Å²) in [4.78, 5) is 23.2. The Labute approximate surface area is 177 Å². The number of ether oxygens (including phenoxy) is 2. The Bertz CT molecular complexity index is 791. The molecule has 0 aliphatic carbocycles. The Kier molecular flexibility index (Phi) is 7.42. The average molecular weight is 415 g/mol. The van der Waals surface area contributed by atoms with Gasteiger partial charge >= 0.3 is 0 Å². The van der Waals surface area contributed by atoms with Crippen LogP contribution in [0.5, 0.6) is 0 Å². The van der Waals surface area contributed by atoms with Crippen molar-refractivity contribution in [3.8, 4) is 0 Å². The number of carbonyl (C=O) groups excluding carboxylic acids is 1. The molecule has 4 heterocycles. The van der Waals surface area contributed by atoms with E-state index in [0.717, 1.165) is 57.6 Å². The molecule has 0 spiro atoms. The van der Waals surface area contributed by atoms with Crippen LogP contribution in [-0.4, -0.2) is 65.4 Å². The Morgan fingerprint density at radius 2 is 2.17 bits per heavy atom. The number of nitrogens with zero attached hydrogens (tertiary/aromatic N) is 4. The SMILES string of the molecule is O=C(Cc1cccnc1)N1CCCC(c2nc(CCOCC3CCOCC3)no2)C1. The predicted molar refractivity (Wildman–Crippen MR) is 109 cm³/mol. The summed E-state index contributed by atoms with van der Waals surface area (Å²) in [5.74, 6) is 2.12.